The summed E-state index contributed by atoms with van der Waals surface area (Å²) in [4.78, 5) is 49.9. The number of esters is 1. The highest BCUT2D eigenvalue weighted by molar-refractivity contribution is 5.81. The SMILES string of the molecule is Cc1cn([C@@H]2O[C@H](COC(=O)[C@H](C)NC(=O)OC(C)(C)C)[C@](C)(O)[C@@]2(C)F)c(=O)[nH]c1=O. The maximum atomic E-state index is 15.6. The number of halogens is 1. The molecule has 2 rings (SSSR count). The second-order valence-corrected chi connectivity index (χ2v) is 9.18. The van der Waals surface area contributed by atoms with Gasteiger partial charge in [0.1, 0.15) is 30.0 Å². The highest BCUT2D eigenvalue weighted by atomic mass is 19.1. The van der Waals surface area contributed by atoms with Crippen LogP contribution in [0.5, 0.6) is 0 Å². The van der Waals surface area contributed by atoms with Crippen molar-refractivity contribution in [2.45, 2.75) is 83.7 Å². The van der Waals surface area contributed by atoms with Crippen molar-refractivity contribution in [3.63, 3.8) is 0 Å². The van der Waals surface area contributed by atoms with Crippen molar-refractivity contribution in [3.8, 4) is 0 Å². The lowest BCUT2D eigenvalue weighted by Crippen LogP contribution is -2.53. The first-order valence-electron chi connectivity index (χ1n) is 10.0. The Hall–Kier alpha value is -2.73. The molecule has 0 spiro atoms. The minimum atomic E-state index is -2.49. The number of hydrogen-bond donors (Lipinski definition) is 3. The number of ether oxygens (including phenoxy) is 3. The van der Waals surface area contributed by atoms with Crippen molar-refractivity contribution < 1.29 is 33.3 Å². The van der Waals surface area contributed by atoms with Crippen LogP contribution in [0.2, 0.25) is 0 Å². The number of hydrogen-bond acceptors (Lipinski definition) is 8. The van der Waals surface area contributed by atoms with E-state index in [-0.39, 0.29) is 5.56 Å². The molecule has 1 aromatic heterocycles. The predicted molar refractivity (Wildman–Crippen MR) is 110 cm³/mol. The average molecular weight is 459 g/mol. The normalized spacial score (nSPS) is 28.8. The molecular formula is C20H30FN3O8. The van der Waals surface area contributed by atoms with Crippen LogP contribution in [0, 0.1) is 6.92 Å². The first-order chi connectivity index (χ1) is 14.5. The van der Waals surface area contributed by atoms with E-state index < -0.39 is 65.2 Å². The first-order valence-corrected chi connectivity index (χ1v) is 10.0. The molecule has 0 unspecified atom stereocenters. The number of carbonyl (C=O) groups is 2. The van der Waals surface area contributed by atoms with Gasteiger partial charge < -0.3 is 24.6 Å². The van der Waals surface area contributed by atoms with Crippen molar-refractivity contribution in [1.29, 1.82) is 0 Å². The van der Waals surface area contributed by atoms with E-state index in [4.69, 9.17) is 14.2 Å². The molecule has 1 amide bonds. The minimum Gasteiger partial charge on any atom is -0.461 e. The van der Waals surface area contributed by atoms with Crippen molar-refractivity contribution in [1.82, 2.24) is 14.9 Å². The van der Waals surface area contributed by atoms with Gasteiger partial charge in [-0.3, -0.25) is 14.3 Å². The Balaban J connectivity index is 2.12. The van der Waals surface area contributed by atoms with Gasteiger partial charge in [-0.2, -0.15) is 0 Å². The zero-order valence-corrected chi connectivity index (χ0v) is 19.1. The summed E-state index contributed by atoms with van der Waals surface area (Å²) in [5.74, 6) is -0.865. The summed E-state index contributed by atoms with van der Waals surface area (Å²) >= 11 is 0. The molecule has 0 bridgehead atoms. The van der Waals surface area contributed by atoms with Crippen molar-refractivity contribution >= 4 is 12.1 Å². The average Bonchev–Trinajstić information content (AvgIpc) is 2.79. The second-order valence-electron chi connectivity index (χ2n) is 9.18. The van der Waals surface area contributed by atoms with Crippen LogP contribution in [-0.4, -0.2) is 62.3 Å². The van der Waals surface area contributed by atoms with Crippen molar-refractivity contribution in [2.24, 2.45) is 0 Å². The molecule has 12 heteroatoms. The summed E-state index contributed by atoms with van der Waals surface area (Å²) in [6.07, 6.45) is -2.64. The van der Waals surface area contributed by atoms with Gasteiger partial charge in [0.15, 0.2) is 11.9 Å². The van der Waals surface area contributed by atoms with Gasteiger partial charge in [-0.15, -0.1) is 0 Å². The third kappa shape index (κ3) is 5.18. The van der Waals surface area contributed by atoms with E-state index in [1.54, 1.807) is 20.8 Å². The molecule has 2 heterocycles. The highest BCUT2D eigenvalue weighted by Gasteiger charge is 2.63. The van der Waals surface area contributed by atoms with Gasteiger partial charge in [0.2, 0.25) is 0 Å². The van der Waals surface area contributed by atoms with E-state index in [0.717, 1.165) is 24.6 Å². The van der Waals surface area contributed by atoms with E-state index in [1.165, 1.54) is 13.8 Å². The number of carbonyl (C=O) groups excluding carboxylic acids is 2. The molecule has 1 aliphatic heterocycles. The number of aryl methyl sites for hydroxylation is 1. The Morgan fingerprint density at radius 3 is 2.53 bits per heavy atom. The predicted octanol–water partition coefficient (Wildman–Crippen LogP) is 0.678. The van der Waals surface area contributed by atoms with E-state index in [1.807, 2.05) is 4.98 Å². The van der Waals surface area contributed by atoms with Gasteiger partial charge in [-0.1, -0.05) is 0 Å². The van der Waals surface area contributed by atoms with E-state index in [9.17, 15) is 24.3 Å². The van der Waals surface area contributed by atoms with Gasteiger partial charge in [0, 0.05) is 11.8 Å². The second kappa shape index (κ2) is 8.66. The lowest BCUT2D eigenvalue weighted by molar-refractivity contribution is -0.155. The van der Waals surface area contributed by atoms with Crippen LogP contribution in [-0.2, 0) is 19.0 Å². The number of amides is 1. The Labute approximate surface area is 183 Å². The van der Waals surface area contributed by atoms with Crippen LogP contribution < -0.4 is 16.6 Å². The lowest BCUT2D eigenvalue weighted by atomic mass is 9.84. The van der Waals surface area contributed by atoms with Gasteiger partial charge in [0.05, 0.1) is 0 Å². The van der Waals surface area contributed by atoms with E-state index >= 15 is 4.39 Å². The van der Waals surface area contributed by atoms with Gasteiger partial charge >= 0.3 is 17.8 Å². The largest absolute Gasteiger partial charge is 0.461 e. The van der Waals surface area contributed by atoms with Crippen LogP contribution in [0.25, 0.3) is 0 Å². The maximum absolute atomic E-state index is 15.6. The fraction of sp³-hybridized carbons (Fsp3) is 0.700. The smallest absolute Gasteiger partial charge is 0.408 e. The van der Waals surface area contributed by atoms with Gasteiger partial charge in [-0.25, -0.2) is 18.8 Å². The molecule has 0 aromatic carbocycles. The number of aromatic amines is 1. The van der Waals surface area contributed by atoms with Crippen LogP contribution in [0.3, 0.4) is 0 Å². The van der Waals surface area contributed by atoms with Gasteiger partial charge in [0.25, 0.3) is 5.56 Å². The lowest BCUT2D eigenvalue weighted by Gasteiger charge is -2.33. The van der Waals surface area contributed by atoms with Crippen LogP contribution in [0.1, 0.15) is 53.3 Å². The summed E-state index contributed by atoms with van der Waals surface area (Å²) in [6, 6.07) is -1.09. The third-order valence-corrected chi connectivity index (χ3v) is 5.24. The van der Waals surface area contributed by atoms with E-state index in [0.29, 0.717) is 0 Å². The van der Waals surface area contributed by atoms with Gasteiger partial charge in [-0.05, 0) is 48.5 Å². The molecule has 1 fully saturated rings. The molecule has 0 radical (unpaired) electrons. The summed E-state index contributed by atoms with van der Waals surface area (Å²) in [7, 11) is 0. The number of rotatable bonds is 5. The van der Waals surface area contributed by atoms with Crippen LogP contribution in [0.4, 0.5) is 9.18 Å². The number of nitrogens with one attached hydrogen (secondary N) is 2. The van der Waals surface area contributed by atoms with E-state index in [2.05, 4.69) is 5.32 Å². The zero-order chi connectivity index (χ0) is 24.6. The molecular weight excluding hydrogens is 429 g/mol. The molecule has 1 aromatic rings. The molecule has 32 heavy (non-hydrogen) atoms. The zero-order valence-electron chi connectivity index (χ0n) is 19.1. The highest BCUT2D eigenvalue weighted by Crippen LogP contribution is 2.47. The molecule has 11 nitrogen and oxygen atoms in total. The number of alkyl halides is 1. The molecule has 0 saturated carbocycles. The monoisotopic (exact) mass is 459 g/mol. The number of H-pyrrole nitrogens is 1. The number of aromatic nitrogens is 2. The quantitative estimate of drug-likeness (QED) is 0.544. The fourth-order valence-corrected chi connectivity index (χ4v) is 3.10. The minimum absolute atomic E-state index is 0.139. The fourth-order valence-electron chi connectivity index (χ4n) is 3.10. The Morgan fingerprint density at radius 2 is 1.97 bits per heavy atom. The Bertz CT molecular complexity index is 992. The van der Waals surface area contributed by atoms with Crippen molar-refractivity contribution in [2.75, 3.05) is 6.61 Å². The molecule has 0 aliphatic carbocycles. The summed E-state index contributed by atoms with van der Waals surface area (Å²) in [5.41, 5.74) is -6.82. The van der Waals surface area contributed by atoms with Crippen LogP contribution in [0.15, 0.2) is 15.8 Å². The number of alkyl carbamates (subject to hydrolysis) is 1. The third-order valence-electron chi connectivity index (χ3n) is 5.24. The van der Waals surface area contributed by atoms with Crippen molar-refractivity contribution in [3.05, 3.63) is 32.6 Å². The standard InChI is InChI=1S/C20H30FN3O8/c1-10-8-24(16(27)23-13(10)25)15-19(6,21)20(7,29)12(31-15)9-30-14(26)11(2)22-17(28)32-18(3,4)5/h8,11-12,15,29H,9H2,1-7H3,(H,22,28)(H,23,25,27)/t11-,12+,15+,19-,20-/m0/s1. The topological polar surface area (TPSA) is 149 Å². The summed E-state index contributed by atoms with van der Waals surface area (Å²) in [5, 5.41) is 13.1. The van der Waals surface area contributed by atoms with Crippen LogP contribution >= 0.6 is 0 Å². The Morgan fingerprint density at radius 1 is 1.38 bits per heavy atom. The summed E-state index contributed by atoms with van der Waals surface area (Å²) < 4.78 is 32.1. The molecule has 1 aliphatic rings. The number of nitrogens with zero attached hydrogens (tertiary/aromatic N) is 1. The summed E-state index contributed by atoms with van der Waals surface area (Å²) in [6.45, 7) is 9.41. The molecule has 1 saturated heterocycles. The molecule has 5 atom stereocenters. The Kier molecular flexibility index (Phi) is 6.91. The first kappa shape index (κ1) is 25.5. The number of aliphatic hydroxyl groups is 1. The maximum Gasteiger partial charge on any atom is 0.408 e. The molecule has 180 valence electrons. The molecule has 3 N–H and O–H groups in total.